The van der Waals surface area contributed by atoms with Gasteiger partial charge in [-0.05, 0) is 61.7 Å². The summed E-state index contributed by atoms with van der Waals surface area (Å²) in [5.41, 5.74) is 1.42. The van der Waals surface area contributed by atoms with Crippen LogP contribution in [0.3, 0.4) is 0 Å². The first-order chi connectivity index (χ1) is 9.92. The van der Waals surface area contributed by atoms with E-state index in [0.29, 0.717) is 0 Å². The van der Waals surface area contributed by atoms with Gasteiger partial charge in [-0.3, -0.25) is 0 Å². The topological polar surface area (TPSA) is 24.1 Å². The van der Waals surface area contributed by atoms with Crippen molar-refractivity contribution in [3.05, 3.63) is 48.0 Å². The molecule has 1 aliphatic rings. The summed E-state index contributed by atoms with van der Waals surface area (Å²) in [6.45, 7) is 3.35. The molecule has 2 N–H and O–H groups in total. The average molecular weight is 268 g/mol. The van der Waals surface area contributed by atoms with Gasteiger partial charge in [0.15, 0.2) is 0 Å². The molecule has 1 saturated carbocycles. The molecular formula is C18H24N2. The predicted octanol–water partition coefficient (Wildman–Crippen LogP) is 3.11. The zero-order valence-electron chi connectivity index (χ0n) is 12.1. The number of benzene rings is 2. The molecule has 0 radical (unpaired) electrons. The fourth-order valence-electron chi connectivity index (χ4n) is 2.56. The van der Waals surface area contributed by atoms with E-state index in [9.17, 15) is 0 Å². The first kappa shape index (κ1) is 13.6. The number of fused-ring (bicyclic) bond motifs is 1. The molecule has 0 heterocycles. The van der Waals surface area contributed by atoms with Gasteiger partial charge < -0.3 is 10.6 Å². The molecular weight excluding hydrogens is 244 g/mol. The van der Waals surface area contributed by atoms with Crippen molar-refractivity contribution in [2.24, 2.45) is 0 Å². The number of rotatable bonds is 8. The monoisotopic (exact) mass is 268 g/mol. The highest BCUT2D eigenvalue weighted by Crippen LogP contribution is 2.18. The fourth-order valence-corrected chi connectivity index (χ4v) is 2.56. The Morgan fingerprint density at radius 1 is 0.900 bits per heavy atom. The quantitative estimate of drug-likeness (QED) is 0.719. The molecule has 106 valence electrons. The highest BCUT2D eigenvalue weighted by atomic mass is 14.9. The van der Waals surface area contributed by atoms with Crippen LogP contribution in [-0.2, 0) is 6.42 Å². The summed E-state index contributed by atoms with van der Waals surface area (Å²) >= 11 is 0. The van der Waals surface area contributed by atoms with Crippen LogP contribution in [0.5, 0.6) is 0 Å². The van der Waals surface area contributed by atoms with E-state index in [1.807, 2.05) is 0 Å². The smallest absolute Gasteiger partial charge is 0.00682 e. The molecule has 20 heavy (non-hydrogen) atoms. The molecule has 2 aromatic rings. The molecule has 3 rings (SSSR count). The Balaban J connectivity index is 1.36. The van der Waals surface area contributed by atoms with E-state index in [2.05, 4.69) is 53.1 Å². The van der Waals surface area contributed by atoms with Crippen molar-refractivity contribution in [2.45, 2.75) is 31.7 Å². The van der Waals surface area contributed by atoms with E-state index < -0.39 is 0 Å². The van der Waals surface area contributed by atoms with E-state index >= 15 is 0 Å². The van der Waals surface area contributed by atoms with Crippen molar-refractivity contribution in [1.29, 1.82) is 0 Å². The Hall–Kier alpha value is -1.38. The lowest BCUT2D eigenvalue weighted by atomic mass is 10.1. The van der Waals surface area contributed by atoms with Crippen LogP contribution in [0.15, 0.2) is 42.5 Å². The lowest BCUT2D eigenvalue weighted by molar-refractivity contribution is 0.594. The molecule has 0 aliphatic heterocycles. The van der Waals surface area contributed by atoms with Crippen molar-refractivity contribution >= 4 is 10.8 Å². The second-order valence-electron chi connectivity index (χ2n) is 5.76. The number of hydrogen-bond donors (Lipinski definition) is 2. The van der Waals surface area contributed by atoms with Crippen LogP contribution in [0.4, 0.5) is 0 Å². The Bertz CT molecular complexity index is 546. The third-order valence-electron chi connectivity index (χ3n) is 3.95. The molecule has 0 atom stereocenters. The second-order valence-corrected chi connectivity index (χ2v) is 5.76. The van der Waals surface area contributed by atoms with Gasteiger partial charge in [0.2, 0.25) is 0 Å². The van der Waals surface area contributed by atoms with Gasteiger partial charge >= 0.3 is 0 Å². The maximum absolute atomic E-state index is 3.55. The number of nitrogens with one attached hydrogen (secondary N) is 2. The van der Waals surface area contributed by atoms with E-state index in [1.54, 1.807) is 0 Å². The molecule has 0 amide bonds. The van der Waals surface area contributed by atoms with Crippen molar-refractivity contribution < 1.29 is 0 Å². The maximum Gasteiger partial charge on any atom is 0.00682 e. The molecule has 1 aliphatic carbocycles. The molecule has 2 nitrogen and oxygen atoms in total. The van der Waals surface area contributed by atoms with Gasteiger partial charge in [-0.1, -0.05) is 42.5 Å². The van der Waals surface area contributed by atoms with Crippen LogP contribution in [0.2, 0.25) is 0 Å². The van der Waals surface area contributed by atoms with Crippen molar-refractivity contribution in [1.82, 2.24) is 10.6 Å². The molecule has 0 aromatic heterocycles. The molecule has 0 bridgehead atoms. The third kappa shape index (κ3) is 4.06. The van der Waals surface area contributed by atoms with Gasteiger partial charge in [-0.2, -0.15) is 0 Å². The summed E-state index contributed by atoms with van der Waals surface area (Å²) in [6.07, 6.45) is 5.11. The van der Waals surface area contributed by atoms with Crippen LogP contribution in [0.25, 0.3) is 10.8 Å². The average Bonchev–Trinajstić information content (AvgIpc) is 3.30. The lowest BCUT2D eigenvalue weighted by Crippen LogP contribution is -2.24. The van der Waals surface area contributed by atoms with Gasteiger partial charge in [-0.25, -0.2) is 0 Å². The summed E-state index contributed by atoms with van der Waals surface area (Å²) in [4.78, 5) is 0. The molecule has 2 aromatic carbocycles. The van der Waals surface area contributed by atoms with Gasteiger partial charge in [0.25, 0.3) is 0 Å². The summed E-state index contributed by atoms with van der Waals surface area (Å²) in [5, 5.41) is 9.76. The summed E-state index contributed by atoms with van der Waals surface area (Å²) in [6, 6.07) is 16.2. The molecule has 1 fully saturated rings. The molecule has 0 unspecified atom stereocenters. The van der Waals surface area contributed by atoms with Crippen molar-refractivity contribution in [2.75, 3.05) is 19.6 Å². The van der Waals surface area contributed by atoms with E-state index in [1.165, 1.54) is 35.6 Å². The Morgan fingerprint density at radius 3 is 2.60 bits per heavy atom. The Labute approximate surface area is 121 Å². The predicted molar refractivity (Wildman–Crippen MR) is 86.2 cm³/mol. The zero-order valence-corrected chi connectivity index (χ0v) is 12.1. The standard InChI is InChI=1S/C18H24N2/c1-2-5-17-14-15(6-7-16(17)4-1)10-13-19-11-3-12-20-18-8-9-18/h1-2,4-7,14,18-20H,3,8-13H2. The van der Waals surface area contributed by atoms with Gasteiger partial charge in [-0.15, -0.1) is 0 Å². The van der Waals surface area contributed by atoms with E-state index in [-0.39, 0.29) is 0 Å². The van der Waals surface area contributed by atoms with Crippen LogP contribution in [-0.4, -0.2) is 25.7 Å². The van der Waals surface area contributed by atoms with E-state index in [0.717, 1.165) is 32.1 Å². The van der Waals surface area contributed by atoms with Crippen molar-refractivity contribution in [3.8, 4) is 0 Å². The third-order valence-corrected chi connectivity index (χ3v) is 3.95. The van der Waals surface area contributed by atoms with Crippen LogP contribution in [0.1, 0.15) is 24.8 Å². The normalized spacial score (nSPS) is 14.8. The summed E-state index contributed by atoms with van der Waals surface area (Å²) < 4.78 is 0. The van der Waals surface area contributed by atoms with Gasteiger partial charge in [0.1, 0.15) is 0 Å². The first-order valence-corrected chi connectivity index (χ1v) is 7.83. The van der Waals surface area contributed by atoms with Crippen LogP contribution < -0.4 is 10.6 Å². The van der Waals surface area contributed by atoms with Crippen molar-refractivity contribution in [3.63, 3.8) is 0 Å². The molecule has 0 saturated heterocycles. The van der Waals surface area contributed by atoms with Crippen LogP contribution >= 0.6 is 0 Å². The SMILES string of the molecule is c1ccc2cc(CCNCCCNC3CC3)ccc2c1. The highest BCUT2D eigenvalue weighted by Gasteiger charge is 2.19. The second kappa shape index (κ2) is 6.87. The minimum absolute atomic E-state index is 0.840. The first-order valence-electron chi connectivity index (χ1n) is 7.83. The summed E-state index contributed by atoms with van der Waals surface area (Å²) in [7, 11) is 0. The largest absolute Gasteiger partial charge is 0.316 e. The van der Waals surface area contributed by atoms with Gasteiger partial charge in [0.05, 0.1) is 0 Å². The van der Waals surface area contributed by atoms with Gasteiger partial charge in [0, 0.05) is 6.04 Å². The Morgan fingerprint density at radius 2 is 1.75 bits per heavy atom. The minimum atomic E-state index is 0.840. The summed E-state index contributed by atoms with van der Waals surface area (Å²) in [5.74, 6) is 0. The zero-order chi connectivity index (χ0) is 13.6. The molecule has 0 spiro atoms. The van der Waals surface area contributed by atoms with E-state index in [4.69, 9.17) is 0 Å². The number of hydrogen-bond acceptors (Lipinski definition) is 2. The fraction of sp³-hybridized carbons (Fsp3) is 0.444. The maximum atomic E-state index is 3.55. The molecule has 2 heteroatoms. The highest BCUT2D eigenvalue weighted by molar-refractivity contribution is 5.82. The Kier molecular flexibility index (Phi) is 4.67. The van der Waals surface area contributed by atoms with Crippen LogP contribution in [0, 0.1) is 0 Å². The minimum Gasteiger partial charge on any atom is -0.316 e. The lowest BCUT2D eigenvalue weighted by Gasteiger charge is -2.07.